The minimum absolute atomic E-state index is 0.0237. The third-order valence-corrected chi connectivity index (χ3v) is 7.69. The van der Waals surface area contributed by atoms with Crippen LogP contribution in [0.1, 0.15) is 56.4 Å². The lowest BCUT2D eigenvalue weighted by atomic mass is 9.94. The molecule has 5 rings (SSSR count). The van der Waals surface area contributed by atoms with Crippen molar-refractivity contribution in [3.05, 3.63) is 23.9 Å². The average molecular weight is 412 g/mol. The van der Waals surface area contributed by atoms with Crippen LogP contribution in [0.5, 0.6) is 0 Å². The Labute approximate surface area is 181 Å². The zero-order valence-electron chi connectivity index (χ0n) is 18.6. The maximum absolute atomic E-state index is 12.5. The summed E-state index contributed by atoms with van der Waals surface area (Å²) in [6.45, 7) is 11.3. The number of aromatic nitrogens is 1. The molecule has 3 aliphatic heterocycles. The van der Waals surface area contributed by atoms with E-state index in [0.717, 1.165) is 37.4 Å². The first-order valence-corrected chi connectivity index (χ1v) is 12.1. The summed E-state index contributed by atoms with van der Waals surface area (Å²) in [6, 6.07) is 7.86. The first-order valence-electron chi connectivity index (χ1n) is 12.1. The van der Waals surface area contributed by atoms with Crippen molar-refractivity contribution in [3.8, 4) is 0 Å². The molecule has 2 bridgehead atoms. The number of hydrogen-bond acceptors (Lipinski definition) is 5. The van der Waals surface area contributed by atoms with Gasteiger partial charge in [-0.2, -0.15) is 0 Å². The molecule has 1 saturated carbocycles. The summed E-state index contributed by atoms with van der Waals surface area (Å²) in [5.41, 5.74) is 0.563. The Bertz CT molecular complexity index is 756. The van der Waals surface area contributed by atoms with Crippen molar-refractivity contribution < 1.29 is 4.79 Å². The Hall–Kier alpha value is -1.66. The zero-order valence-corrected chi connectivity index (χ0v) is 18.6. The van der Waals surface area contributed by atoms with E-state index in [9.17, 15) is 4.79 Å². The summed E-state index contributed by atoms with van der Waals surface area (Å²) in [4.78, 5) is 25.1. The van der Waals surface area contributed by atoms with E-state index in [1.807, 2.05) is 12.1 Å². The third-order valence-electron chi connectivity index (χ3n) is 7.69. The molecule has 0 spiro atoms. The second-order valence-electron chi connectivity index (χ2n) is 10.3. The fraction of sp³-hybridized carbons (Fsp3) is 0.750. The number of carbonyl (C=O) groups excluding carboxylic acids is 1. The maximum Gasteiger partial charge on any atom is 0.269 e. The molecule has 4 heterocycles. The number of amides is 1. The number of carbonyl (C=O) groups is 1. The Kier molecular flexibility index (Phi) is 5.71. The number of nitrogens with one attached hydrogen (secondary N) is 1. The van der Waals surface area contributed by atoms with Gasteiger partial charge in [0.1, 0.15) is 11.5 Å². The number of rotatable bonds is 6. The number of anilines is 1. The minimum atomic E-state index is -0.0237. The van der Waals surface area contributed by atoms with Crippen LogP contribution >= 0.6 is 0 Å². The van der Waals surface area contributed by atoms with E-state index >= 15 is 0 Å². The van der Waals surface area contributed by atoms with E-state index in [4.69, 9.17) is 4.98 Å². The molecule has 30 heavy (non-hydrogen) atoms. The first kappa shape index (κ1) is 20.3. The zero-order chi connectivity index (χ0) is 20.7. The van der Waals surface area contributed by atoms with Gasteiger partial charge in [0, 0.05) is 44.3 Å². The lowest BCUT2D eigenvalue weighted by Gasteiger charge is -2.43. The smallest absolute Gasteiger partial charge is 0.269 e. The van der Waals surface area contributed by atoms with Crippen LogP contribution < -0.4 is 10.2 Å². The van der Waals surface area contributed by atoms with Crippen molar-refractivity contribution in [2.45, 2.75) is 64.1 Å². The van der Waals surface area contributed by atoms with E-state index in [-0.39, 0.29) is 5.91 Å². The highest BCUT2D eigenvalue weighted by Crippen LogP contribution is 2.35. The molecule has 1 aromatic rings. The second-order valence-corrected chi connectivity index (χ2v) is 10.3. The molecular formula is C24H37N5O. The summed E-state index contributed by atoms with van der Waals surface area (Å²) in [7, 11) is 0. The summed E-state index contributed by atoms with van der Waals surface area (Å²) >= 11 is 0. The van der Waals surface area contributed by atoms with Gasteiger partial charge in [0.05, 0.1) is 0 Å². The molecule has 2 unspecified atom stereocenters. The lowest BCUT2D eigenvalue weighted by molar-refractivity contribution is 0.0689. The molecule has 0 aromatic carbocycles. The highest BCUT2D eigenvalue weighted by Gasteiger charge is 2.41. The highest BCUT2D eigenvalue weighted by molar-refractivity contribution is 5.92. The number of fused-ring (bicyclic) bond motifs is 2. The van der Waals surface area contributed by atoms with Crippen molar-refractivity contribution in [1.29, 1.82) is 0 Å². The minimum Gasteiger partial charge on any atom is -0.352 e. The van der Waals surface area contributed by atoms with Gasteiger partial charge in [-0.05, 0) is 83.0 Å². The number of piperidine rings is 2. The molecule has 1 aliphatic carbocycles. The van der Waals surface area contributed by atoms with Crippen molar-refractivity contribution in [2.75, 3.05) is 44.2 Å². The van der Waals surface area contributed by atoms with Crippen LogP contribution in [0.4, 0.5) is 5.82 Å². The van der Waals surface area contributed by atoms with E-state index in [2.05, 4.69) is 39.9 Å². The standard InChI is InChI=1S/C24H37N5O/c1-17(2)27-10-8-20(9-11-27)28-14-19-12-21(16-28)29(15-19)23-5-3-4-22(26-23)24(30)25-13-18-6-7-18/h3-5,17-21H,6-16H2,1-2H3,(H,25,30). The monoisotopic (exact) mass is 411 g/mol. The van der Waals surface area contributed by atoms with Gasteiger partial charge in [-0.1, -0.05) is 6.07 Å². The van der Waals surface area contributed by atoms with Crippen molar-refractivity contribution in [1.82, 2.24) is 20.1 Å². The van der Waals surface area contributed by atoms with Crippen LogP contribution in [-0.4, -0.2) is 78.1 Å². The molecular weight excluding hydrogens is 374 g/mol. The van der Waals surface area contributed by atoms with Gasteiger partial charge in [-0.25, -0.2) is 4.98 Å². The molecule has 4 fully saturated rings. The van der Waals surface area contributed by atoms with Crippen LogP contribution in [0.2, 0.25) is 0 Å². The Morgan fingerprint density at radius 1 is 1.10 bits per heavy atom. The van der Waals surface area contributed by atoms with Crippen LogP contribution in [0.3, 0.4) is 0 Å². The number of nitrogens with zero attached hydrogens (tertiary/aromatic N) is 4. The Morgan fingerprint density at radius 3 is 2.63 bits per heavy atom. The van der Waals surface area contributed by atoms with Crippen molar-refractivity contribution >= 4 is 11.7 Å². The van der Waals surface area contributed by atoms with E-state index in [1.54, 1.807) is 0 Å². The molecule has 6 heteroatoms. The summed E-state index contributed by atoms with van der Waals surface area (Å²) in [5.74, 6) is 2.37. The van der Waals surface area contributed by atoms with E-state index in [0.29, 0.717) is 23.7 Å². The maximum atomic E-state index is 12.5. The molecule has 164 valence electrons. The number of likely N-dealkylation sites (tertiary alicyclic amines) is 2. The fourth-order valence-electron chi connectivity index (χ4n) is 5.70. The van der Waals surface area contributed by atoms with Gasteiger partial charge in [-0.3, -0.25) is 9.69 Å². The molecule has 4 aliphatic rings. The fourth-order valence-corrected chi connectivity index (χ4v) is 5.70. The molecule has 3 saturated heterocycles. The number of hydrogen-bond donors (Lipinski definition) is 1. The summed E-state index contributed by atoms with van der Waals surface area (Å²) in [5, 5.41) is 3.05. The largest absolute Gasteiger partial charge is 0.352 e. The second kappa shape index (κ2) is 8.46. The quantitative estimate of drug-likeness (QED) is 0.780. The topological polar surface area (TPSA) is 51.7 Å². The van der Waals surface area contributed by atoms with Crippen LogP contribution in [0.25, 0.3) is 0 Å². The molecule has 1 amide bonds. The van der Waals surface area contributed by atoms with Crippen molar-refractivity contribution in [2.24, 2.45) is 11.8 Å². The van der Waals surface area contributed by atoms with Gasteiger partial charge in [0.15, 0.2) is 0 Å². The van der Waals surface area contributed by atoms with Gasteiger partial charge >= 0.3 is 0 Å². The third kappa shape index (κ3) is 4.35. The normalized spacial score (nSPS) is 28.3. The predicted octanol–water partition coefficient (Wildman–Crippen LogP) is 2.60. The molecule has 1 aromatic heterocycles. The highest BCUT2D eigenvalue weighted by atomic mass is 16.1. The molecule has 2 atom stereocenters. The average Bonchev–Trinajstić information content (AvgIpc) is 3.55. The Morgan fingerprint density at radius 2 is 1.90 bits per heavy atom. The van der Waals surface area contributed by atoms with Gasteiger partial charge in [0.25, 0.3) is 5.91 Å². The molecule has 0 radical (unpaired) electrons. The van der Waals surface area contributed by atoms with E-state index < -0.39 is 0 Å². The van der Waals surface area contributed by atoms with Crippen LogP contribution in [0.15, 0.2) is 18.2 Å². The van der Waals surface area contributed by atoms with E-state index in [1.165, 1.54) is 51.7 Å². The number of pyridine rings is 1. The van der Waals surface area contributed by atoms with Crippen molar-refractivity contribution in [3.63, 3.8) is 0 Å². The van der Waals surface area contributed by atoms with Gasteiger partial charge in [0.2, 0.25) is 0 Å². The lowest BCUT2D eigenvalue weighted by Crippen LogP contribution is -2.52. The predicted molar refractivity (Wildman–Crippen MR) is 120 cm³/mol. The molecule has 6 nitrogen and oxygen atoms in total. The van der Waals surface area contributed by atoms with Gasteiger partial charge < -0.3 is 15.1 Å². The van der Waals surface area contributed by atoms with Crippen LogP contribution in [-0.2, 0) is 0 Å². The molecule has 1 N–H and O–H groups in total. The summed E-state index contributed by atoms with van der Waals surface area (Å²) in [6.07, 6.45) is 6.36. The Balaban J connectivity index is 1.21. The first-order chi connectivity index (χ1) is 14.6. The summed E-state index contributed by atoms with van der Waals surface area (Å²) < 4.78 is 0. The van der Waals surface area contributed by atoms with Gasteiger partial charge in [-0.15, -0.1) is 0 Å². The SMILES string of the molecule is CC(C)N1CCC(N2CC3CC(C2)N(c2cccc(C(=O)NCC4CC4)n2)C3)CC1. The van der Waals surface area contributed by atoms with Crippen LogP contribution in [0, 0.1) is 11.8 Å².